The summed E-state index contributed by atoms with van der Waals surface area (Å²) in [7, 11) is 1.87. The van der Waals surface area contributed by atoms with Crippen LogP contribution in [0.15, 0.2) is 48.9 Å². The van der Waals surface area contributed by atoms with Crippen molar-refractivity contribution in [2.45, 2.75) is 43.8 Å². The fraction of sp³-hybridized carbons (Fsp3) is 0.500. The van der Waals surface area contributed by atoms with Crippen LogP contribution in [-0.4, -0.2) is 87.1 Å². The molecule has 0 unspecified atom stereocenters. The molecule has 1 saturated heterocycles. The molecule has 2 aliphatic rings. The second kappa shape index (κ2) is 11.0. The number of likely N-dealkylation sites (tertiary alicyclic amines) is 1. The topological polar surface area (TPSA) is 69.5 Å². The molecular weight excluding hydrogens is 493 g/mol. The zero-order chi connectivity index (χ0) is 26.9. The van der Waals surface area contributed by atoms with Crippen LogP contribution in [0, 0.1) is 0 Å². The van der Waals surface area contributed by atoms with Gasteiger partial charge in [-0.3, -0.25) is 23.9 Å². The van der Waals surface area contributed by atoms with Gasteiger partial charge in [-0.1, -0.05) is 18.2 Å². The van der Waals surface area contributed by atoms with Gasteiger partial charge in [-0.15, -0.1) is 0 Å². The van der Waals surface area contributed by atoms with Crippen LogP contribution < -0.4 is 5.32 Å². The van der Waals surface area contributed by atoms with Crippen LogP contribution in [0.25, 0.3) is 11.1 Å². The first kappa shape index (κ1) is 26.6. The van der Waals surface area contributed by atoms with Crippen molar-refractivity contribution in [2.75, 3.05) is 44.8 Å². The highest BCUT2D eigenvalue weighted by molar-refractivity contribution is 5.64. The van der Waals surface area contributed by atoms with Crippen LogP contribution in [0.4, 0.5) is 18.9 Å². The number of anilines is 1. The van der Waals surface area contributed by atoms with E-state index < -0.39 is 25.1 Å². The third-order valence-electron chi connectivity index (χ3n) is 7.54. The van der Waals surface area contributed by atoms with E-state index in [1.165, 1.54) is 0 Å². The Kier molecular flexibility index (Phi) is 7.74. The summed E-state index contributed by atoms with van der Waals surface area (Å²) in [6.07, 6.45) is 6.69. The summed E-state index contributed by atoms with van der Waals surface area (Å²) < 4.78 is 43.1. The molecule has 0 radical (unpaired) electrons. The zero-order valence-corrected chi connectivity index (χ0v) is 21.8. The van der Waals surface area contributed by atoms with Crippen molar-refractivity contribution in [3.8, 4) is 11.1 Å². The minimum Gasteiger partial charge on any atom is -0.390 e. The maximum absolute atomic E-state index is 14.5. The molecule has 0 aliphatic carbocycles. The van der Waals surface area contributed by atoms with Gasteiger partial charge < -0.3 is 10.4 Å². The highest BCUT2D eigenvalue weighted by Crippen LogP contribution is 2.40. The number of aryl methyl sites for hydroxylation is 1. The zero-order valence-electron chi connectivity index (χ0n) is 21.8. The summed E-state index contributed by atoms with van der Waals surface area (Å²) in [5.74, 6) is -3.22. The third-order valence-corrected chi connectivity index (χ3v) is 7.54. The highest BCUT2D eigenvalue weighted by atomic mass is 19.3. The quantitative estimate of drug-likeness (QED) is 0.416. The van der Waals surface area contributed by atoms with E-state index >= 15 is 0 Å². The average molecular weight is 529 g/mol. The number of aliphatic hydroxyl groups is 1. The van der Waals surface area contributed by atoms with Crippen LogP contribution in [0.2, 0.25) is 0 Å². The number of hydrogen-bond donors (Lipinski definition) is 2. The van der Waals surface area contributed by atoms with Crippen molar-refractivity contribution in [1.82, 2.24) is 24.6 Å². The van der Waals surface area contributed by atoms with Crippen molar-refractivity contribution < 1.29 is 18.3 Å². The van der Waals surface area contributed by atoms with Crippen LogP contribution in [-0.2, 0) is 13.5 Å². The molecule has 4 heterocycles. The molecule has 2 aliphatic heterocycles. The van der Waals surface area contributed by atoms with Gasteiger partial charge in [0.2, 0.25) is 0 Å². The van der Waals surface area contributed by atoms with E-state index in [4.69, 9.17) is 4.98 Å². The molecule has 2 atom stereocenters. The number of nitrogens with one attached hydrogen (secondary N) is 1. The van der Waals surface area contributed by atoms with Gasteiger partial charge in [0.15, 0.2) is 0 Å². The molecule has 204 valence electrons. The van der Waals surface area contributed by atoms with Gasteiger partial charge >= 0.3 is 0 Å². The summed E-state index contributed by atoms with van der Waals surface area (Å²) in [6, 6.07) is 9.60. The molecule has 1 aromatic carbocycles. The molecule has 1 fully saturated rings. The van der Waals surface area contributed by atoms with E-state index in [0.717, 1.165) is 47.6 Å². The number of halogens is 3. The van der Waals surface area contributed by atoms with Gasteiger partial charge in [0, 0.05) is 44.5 Å². The maximum Gasteiger partial charge on any atom is 0.283 e. The summed E-state index contributed by atoms with van der Waals surface area (Å²) >= 11 is 0. The Hall–Kier alpha value is -2.95. The lowest BCUT2D eigenvalue weighted by atomic mass is 9.85. The first-order valence-corrected chi connectivity index (χ1v) is 13.1. The van der Waals surface area contributed by atoms with E-state index in [0.29, 0.717) is 18.5 Å². The molecule has 0 amide bonds. The minimum absolute atomic E-state index is 0.182. The van der Waals surface area contributed by atoms with Crippen LogP contribution in [0.1, 0.15) is 36.2 Å². The Morgan fingerprint density at radius 3 is 2.61 bits per heavy atom. The van der Waals surface area contributed by atoms with Crippen LogP contribution >= 0.6 is 0 Å². The molecule has 3 aromatic rings. The number of pyridine rings is 1. The number of aromatic nitrogens is 3. The average Bonchev–Trinajstić information content (AvgIpc) is 3.32. The van der Waals surface area contributed by atoms with Crippen molar-refractivity contribution in [2.24, 2.45) is 7.05 Å². The molecule has 2 N–H and O–H groups in total. The number of hydrogen-bond acceptors (Lipinski definition) is 6. The number of aliphatic hydroxyl groups excluding tert-OH is 1. The molecule has 7 nitrogen and oxygen atoms in total. The number of alkyl halides is 3. The first-order valence-electron chi connectivity index (χ1n) is 13.1. The fourth-order valence-corrected chi connectivity index (χ4v) is 5.58. The maximum atomic E-state index is 14.5. The van der Waals surface area contributed by atoms with Gasteiger partial charge in [0.1, 0.15) is 6.61 Å². The first-order chi connectivity index (χ1) is 18.3. The Balaban J connectivity index is 1.40. The lowest BCUT2D eigenvalue weighted by Gasteiger charge is -2.43. The summed E-state index contributed by atoms with van der Waals surface area (Å²) in [4.78, 5) is 8.68. The normalized spacial score (nSPS) is 20.8. The van der Waals surface area contributed by atoms with Gasteiger partial charge in [0.25, 0.3) is 5.92 Å². The molecule has 0 bridgehead atoms. The molecule has 5 rings (SSSR count). The second-order valence-electron chi connectivity index (χ2n) is 10.6. The van der Waals surface area contributed by atoms with Crippen LogP contribution in [0.3, 0.4) is 0 Å². The Morgan fingerprint density at radius 1 is 1.13 bits per heavy atom. The van der Waals surface area contributed by atoms with E-state index in [1.54, 1.807) is 15.8 Å². The number of fused-ring (bicyclic) bond motifs is 1. The summed E-state index contributed by atoms with van der Waals surface area (Å²) in [6.45, 7) is 2.38. The van der Waals surface area contributed by atoms with Gasteiger partial charge in [0.05, 0.1) is 49.1 Å². The molecule has 2 aromatic heterocycles. The Bertz CT molecular complexity index is 1230. The van der Waals surface area contributed by atoms with E-state index in [-0.39, 0.29) is 18.8 Å². The second-order valence-corrected chi connectivity index (χ2v) is 10.6. The predicted molar refractivity (Wildman–Crippen MR) is 141 cm³/mol. The smallest absolute Gasteiger partial charge is 0.283 e. The third kappa shape index (κ3) is 5.72. The largest absolute Gasteiger partial charge is 0.390 e. The minimum atomic E-state index is -3.22. The van der Waals surface area contributed by atoms with E-state index in [1.807, 2.05) is 50.6 Å². The Morgan fingerprint density at radius 2 is 1.95 bits per heavy atom. The van der Waals surface area contributed by atoms with Crippen molar-refractivity contribution >= 4 is 5.69 Å². The van der Waals surface area contributed by atoms with Gasteiger partial charge in [-0.25, -0.2) is 8.78 Å². The molecule has 38 heavy (non-hydrogen) atoms. The number of nitrogens with zero attached hydrogens (tertiary/aromatic N) is 5. The van der Waals surface area contributed by atoms with E-state index in [9.17, 15) is 18.3 Å². The molecule has 0 saturated carbocycles. The van der Waals surface area contributed by atoms with Crippen LogP contribution in [0.5, 0.6) is 0 Å². The van der Waals surface area contributed by atoms with E-state index in [2.05, 4.69) is 21.4 Å². The molecular formula is C28H35F3N6O. The monoisotopic (exact) mass is 528 g/mol. The van der Waals surface area contributed by atoms with Crippen molar-refractivity contribution in [3.63, 3.8) is 0 Å². The highest BCUT2D eigenvalue weighted by Gasteiger charge is 2.41. The SMILES string of the molecule is C[C@H]1Cc2cc(-c3cnn(C)c3)ccc2[C@H](c2ccc(NC3CN(CCCF)C3)cn2)N1CC(F)(F)CO. The predicted octanol–water partition coefficient (Wildman–Crippen LogP) is 3.90. The van der Waals surface area contributed by atoms with Crippen molar-refractivity contribution in [1.29, 1.82) is 0 Å². The fourth-order valence-electron chi connectivity index (χ4n) is 5.58. The lowest BCUT2D eigenvalue weighted by Crippen LogP contribution is -2.54. The van der Waals surface area contributed by atoms with Crippen molar-refractivity contribution in [3.05, 3.63) is 65.7 Å². The standard InChI is InChI=1S/C28H35F3N6O/c1-19-10-21-11-20(22-12-33-35(2)14-22)4-6-25(21)27(37(19)17-28(30,31)18-38)26-7-5-23(13-32-26)34-24-15-36(16-24)9-3-8-29/h4-7,11-14,19,24,27,34,38H,3,8-10,15-18H2,1-2H3/t19-,27+/m0/s1. The molecule has 10 heteroatoms. The molecule has 0 spiro atoms. The summed E-state index contributed by atoms with van der Waals surface area (Å²) in [5, 5.41) is 17.0. The Labute approximate surface area is 221 Å². The lowest BCUT2D eigenvalue weighted by molar-refractivity contribution is -0.0865. The number of benzene rings is 1. The summed E-state index contributed by atoms with van der Waals surface area (Å²) in [5.41, 5.74) is 5.63. The van der Waals surface area contributed by atoms with Gasteiger partial charge in [-0.05, 0) is 48.6 Å². The van der Waals surface area contributed by atoms with Gasteiger partial charge in [-0.2, -0.15) is 5.10 Å². The number of rotatable bonds is 10.